The Hall–Kier alpha value is -2.46. The van der Waals surface area contributed by atoms with Crippen LogP contribution in [0.5, 0.6) is 0 Å². The molecule has 0 N–H and O–H groups in total. The van der Waals surface area contributed by atoms with Gasteiger partial charge in [-0.05, 0) is 23.1 Å². The van der Waals surface area contributed by atoms with Crippen molar-refractivity contribution in [2.45, 2.75) is 32.1 Å². The largest absolute Gasteiger partial charge is 0.290 e. The fraction of sp³-hybridized carbons (Fsp3) is 0.263. The Bertz CT molecular complexity index is 752. The van der Waals surface area contributed by atoms with Gasteiger partial charge in [0.2, 0.25) is 0 Å². The van der Waals surface area contributed by atoms with Gasteiger partial charge in [0.15, 0.2) is 0 Å². The zero-order valence-electron chi connectivity index (χ0n) is 13.0. The summed E-state index contributed by atoms with van der Waals surface area (Å²) in [5.41, 5.74) is 4.26. The molecule has 3 aromatic rings. The minimum atomic E-state index is 0.437. The van der Waals surface area contributed by atoms with Crippen LogP contribution in [0.4, 0.5) is 0 Å². The molecule has 0 unspecified atom stereocenters. The average molecular weight is 304 g/mol. The van der Waals surface area contributed by atoms with Gasteiger partial charge in [0, 0.05) is 19.1 Å². The van der Waals surface area contributed by atoms with E-state index in [0.29, 0.717) is 6.04 Å². The highest BCUT2D eigenvalue weighted by Gasteiger charge is 2.26. The van der Waals surface area contributed by atoms with Crippen LogP contribution in [0.1, 0.15) is 16.7 Å². The highest BCUT2D eigenvalue weighted by Crippen LogP contribution is 2.25. The van der Waals surface area contributed by atoms with Crippen LogP contribution < -0.4 is 0 Å². The molecule has 1 aliphatic rings. The lowest BCUT2D eigenvalue weighted by atomic mass is 9.93. The maximum Gasteiger partial charge on any atom is 0.137 e. The summed E-state index contributed by atoms with van der Waals surface area (Å²) in [5, 5.41) is 4.29. The molecular formula is C19H20N4. The van der Waals surface area contributed by atoms with Crippen LogP contribution in [0.2, 0.25) is 0 Å². The van der Waals surface area contributed by atoms with Crippen LogP contribution in [0, 0.1) is 0 Å². The van der Waals surface area contributed by atoms with Crippen LogP contribution >= 0.6 is 0 Å². The molecule has 1 aromatic heterocycles. The number of aromatic nitrogens is 3. The first kappa shape index (κ1) is 14.2. The van der Waals surface area contributed by atoms with Crippen molar-refractivity contribution < 1.29 is 0 Å². The van der Waals surface area contributed by atoms with Crippen molar-refractivity contribution in [3.63, 3.8) is 0 Å². The number of fused-ring (bicyclic) bond motifs is 1. The molecule has 1 aliphatic heterocycles. The van der Waals surface area contributed by atoms with Gasteiger partial charge in [-0.25, -0.2) is 4.98 Å². The van der Waals surface area contributed by atoms with Crippen molar-refractivity contribution in [3.8, 4) is 0 Å². The van der Waals surface area contributed by atoms with Crippen molar-refractivity contribution in [2.75, 3.05) is 0 Å². The number of hydrogen-bond acceptors (Lipinski definition) is 3. The maximum absolute atomic E-state index is 4.29. The lowest BCUT2D eigenvalue weighted by Gasteiger charge is -2.37. The summed E-state index contributed by atoms with van der Waals surface area (Å²) in [6.45, 7) is 2.83. The van der Waals surface area contributed by atoms with E-state index in [1.807, 2.05) is 4.68 Å². The van der Waals surface area contributed by atoms with Crippen molar-refractivity contribution in [3.05, 3.63) is 83.9 Å². The summed E-state index contributed by atoms with van der Waals surface area (Å²) in [7, 11) is 0. The minimum Gasteiger partial charge on any atom is -0.290 e. The summed E-state index contributed by atoms with van der Waals surface area (Å²) >= 11 is 0. The second-order valence-electron chi connectivity index (χ2n) is 6.13. The fourth-order valence-corrected chi connectivity index (χ4v) is 3.37. The molecule has 0 amide bonds. The first-order chi connectivity index (χ1) is 11.4. The Kier molecular flexibility index (Phi) is 3.90. The summed E-state index contributed by atoms with van der Waals surface area (Å²) in [5.74, 6) is 0. The predicted octanol–water partition coefficient (Wildman–Crippen LogP) is 2.91. The molecule has 2 heterocycles. The molecule has 0 radical (unpaired) electrons. The topological polar surface area (TPSA) is 34.0 Å². The van der Waals surface area contributed by atoms with E-state index in [2.05, 4.69) is 69.6 Å². The highest BCUT2D eigenvalue weighted by molar-refractivity contribution is 5.30. The van der Waals surface area contributed by atoms with Crippen molar-refractivity contribution in [2.24, 2.45) is 0 Å². The van der Waals surface area contributed by atoms with E-state index in [9.17, 15) is 0 Å². The summed E-state index contributed by atoms with van der Waals surface area (Å²) in [6.07, 6.45) is 4.47. The van der Waals surface area contributed by atoms with Gasteiger partial charge in [-0.15, -0.1) is 0 Å². The van der Waals surface area contributed by atoms with E-state index >= 15 is 0 Å². The molecule has 4 nitrogen and oxygen atoms in total. The van der Waals surface area contributed by atoms with Gasteiger partial charge in [0.25, 0.3) is 0 Å². The smallest absolute Gasteiger partial charge is 0.137 e. The maximum atomic E-state index is 4.29. The molecule has 0 bridgehead atoms. The minimum absolute atomic E-state index is 0.437. The molecule has 116 valence electrons. The Morgan fingerprint density at radius 1 is 0.957 bits per heavy atom. The van der Waals surface area contributed by atoms with Crippen molar-refractivity contribution in [1.82, 2.24) is 19.7 Å². The van der Waals surface area contributed by atoms with Crippen LogP contribution in [-0.2, 0) is 26.1 Å². The highest BCUT2D eigenvalue weighted by atomic mass is 15.3. The number of nitrogens with zero attached hydrogens (tertiary/aromatic N) is 4. The van der Waals surface area contributed by atoms with Gasteiger partial charge in [-0.3, -0.25) is 9.58 Å². The van der Waals surface area contributed by atoms with Crippen LogP contribution in [0.25, 0.3) is 0 Å². The molecule has 0 saturated carbocycles. The van der Waals surface area contributed by atoms with Crippen LogP contribution in [0.3, 0.4) is 0 Å². The van der Waals surface area contributed by atoms with E-state index in [0.717, 1.165) is 26.1 Å². The second kappa shape index (κ2) is 6.34. The fourth-order valence-electron chi connectivity index (χ4n) is 3.37. The molecule has 0 saturated heterocycles. The molecule has 23 heavy (non-hydrogen) atoms. The monoisotopic (exact) mass is 304 g/mol. The average Bonchev–Trinajstić information content (AvgIpc) is 3.09. The third kappa shape index (κ3) is 3.17. The number of benzene rings is 2. The Morgan fingerprint density at radius 2 is 1.74 bits per heavy atom. The molecule has 0 spiro atoms. The van der Waals surface area contributed by atoms with Crippen molar-refractivity contribution in [1.29, 1.82) is 0 Å². The van der Waals surface area contributed by atoms with E-state index in [1.54, 1.807) is 12.7 Å². The number of rotatable bonds is 4. The predicted molar refractivity (Wildman–Crippen MR) is 89.6 cm³/mol. The molecule has 1 atom stereocenters. The van der Waals surface area contributed by atoms with E-state index < -0.39 is 0 Å². The van der Waals surface area contributed by atoms with Gasteiger partial charge in [0.1, 0.15) is 12.7 Å². The molecule has 2 aromatic carbocycles. The quantitative estimate of drug-likeness (QED) is 0.743. The van der Waals surface area contributed by atoms with Crippen LogP contribution in [0.15, 0.2) is 67.3 Å². The Labute approximate surface area is 136 Å². The van der Waals surface area contributed by atoms with E-state index in [-0.39, 0.29) is 0 Å². The lowest BCUT2D eigenvalue weighted by molar-refractivity contribution is 0.142. The third-order valence-corrected chi connectivity index (χ3v) is 4.56. The number of hydrogen-bond donors (Lipinski definition) is 0. The zero-order chi connectivity index (χ0) is 15.5. The van der Waals surface area contributed by atoms with Gasteiger partial charge >= 0.3 is 0 Å². The lowest BCUT2D eigenvalue weighted by Crippen LogP contribution is -2.42. The molecule has 0 fully saturated rings. The van der Waals surface area contributed by atoms with Crippen LogP contribution in [-0.4, -0.2) is 25.7 Å². The Morgan fingerprint density at radius 3 is 2.52 bits per heavy atom. The first-order valence-electron chi connectivity index (χ1n) is 8.05. The SMILES string of the molecule is c1ccc(CN2Cc3ccccc3C[C@H]2Cn2cncn2)cc1. The zero-order valence-corrected chi connectivity index (χ0v) is 13.0. The van der Waals surface area contributed by atoms with Crippen molar-refractivity contribution >= 4 is 0 Å². The molecule has 4 rings (SSSR count). The van der Waals surface area contributed by atoms with E-state index in [4.69, 9.17) is 0 Å². The molecule has 0 aliphatic carbocycles. The van der Waals surface area contributed by atoms with Gasteiger partial charge < -0.3 is 0 Å². The molecular weight excluding hydrogens is 284 g/mol. The normalized spacial score (nSPS) is 17.8. The molecule has 4 heteroatoms. The Balaban J connectivity index is 1.60. The third-order valence-electron chi connectivity index (χ3n) is 4.56. The first-order valence-corrected chi connectivity index (χ1v) is 8.05. The summed E-state index contributed by atoms with van der Waals surface area (Å²) in [6, 6.07) is 19.9. The summed E-state index contributed by atoms with van der Waals surface area (Å²) < 4.78 is 1.94. The van der Waals surface area contributed by atoms with Gasteiger partial charge in [-0.2, -0.15) is 5.10 Å². The van der Waals surface area contributed by atoms with E-state index in [1.165, 1.54) is 16.7 Å². The van der Waals surface area contributed by atoms with Gasteiger partial charge in [-0.1, -0.05) is 54.6 Å². The van der Waals surface area contributed by atoms with Gasteiger partial charge in [0.05, 0.1) is 6.54 Å². The summed E-state index contributed by atoms with van der Waals surface area (Å²) in [4.78, 5) is 6.63. The standard InChI is InChI=1S/C19H20N4/c1-2-6-16(7-3-1)11-22-12-18-9-5-4-8-17(18)10-19(22)13-23-15-20-14-21-23/h1-9,14-15,19H,10-13H2/t19-/m0/s1. The second-order valence-corrected chi connectivity index (χ2v) is 6.13.